The Morgan fingerprint density at radius 3 is 2.52 bits per heavy atom. The fourth-order valence-corrected chi connectivity index (χ4v) is 4.01. The third-order valence-electron chi connectivity index (χ3n) is 5.28. The van der Waals surface area contributed by atoms with Crippen LogP contribution in [0.1, 0.15) is 35.4 Å². The number of aryl methyl sites for hydroxylation is 1. The molecule has 4 nitrogen and oxygen atoms in total. The van der Waals surface area contributed by atoms with Crippen LogP contribution in [0.2, 0.25) is 5.02 Å². The first-order chi connectivity index (χ1) is 12.2. The van der Waals surface area contributed by atoms with Crippen LogP contribution < -0.4 is 0 Å². The lowest BCUT2D eigenvalue weighted by Crippen LogP contribution is -2.45. The van der Waals surface area contributed by atoms with Crippen molar-refractivity contribution < 1.29 is 8.91 Å². The summed E-state index contributed by atoms with van der Waals surface area (Å²) in [6, 6.07) is 4.65. The highest BCUT2D eigenvalue weighted by Gasteiger charge is 2.23. The molecule has 0 amide bonds. The first kappa shape index (κ1) is 17.0. The summed E-state index contributed by atoms with van der Waals surface area (Å²) in [5.74, 6) is 0.820. The highest BCUT2D eigenvalue weighted by Crippen LogP contribution is 2.25. The minimum Gasteiger partial charge on any atom is -0.361 e. The van der Waals surface area contributed by atoms with Crippen molar-refractivity contribution in [2.75, 3.05) is 26.2 Å². The Bertz CT molecular complexity index is 740. The summed E-state index contributed by atoms with van der Waals surface area (Å²) in [5.41, 5.74) is 3.47. The largest absolute Gasteiger partial charge is 0.361 e. The van der Waals surface area contributed by atoms with E-state index in [0.29, 0.717) is 5.02 Å². The highest BCUT2D eigenvalue weighted by molar-refractivity contribution is 6.31. The second-order valence-corrected chi connectivity index (χ2v) is 7.43. The molecule has 0 N–H and O–H groups in total. The maximum atomic E-state index is 13.2. The van der Waals surface area contributed by atoms with E-state index in [0.717, 1.165) is 69.1 Å². The van der Waals surface area contributed by atoms with Gasteiger partial charge < -0.3 is 4.52 Å². The monoisotopic (exact) mass is 363 g/mol. The van der Waals surface area contributed by atoms with Gasteiger partial charge in [0.2, 0.25) is 0 Å². The predicted octanol–water partition coefficient (Wildman–Crippen LogP) is 3.66. The molecule has 1 fully saturated rings. The summed E-state index contributed by atoms with van der Waals surface area (Å²) in [7, 11) is 0. The molecule has 1 saturated heterocycles. The van der Waals surface area contributed by atoms with Crippen LogP contribution in [0.25, 0.3) is 0 Å². The molecule has 6 heteroatoms. The van der Waals surface area contributed by atoms with Crippen molar-refractivity contribution in [1.82, 2.24) is 15.0 Å². The summed E-state index contributed by atoms with van der Waals surface area (Å²) < 4.78 is 18.7. The molecular weight excluding hydrogens is 341 g/mol. The molecule has 1 aromatic carbocycles. The lowest BCUT2D eigenvalue weighted by atomic mass is 9.96. The maximum Gasteiger partial charge on any atom is 0.140 e. The molecule has 4 rings (SSSR count). The van der Waals surface area contributed by atoms with Gasteiger partial charge in [0.1, 0.15) is 17.3 Å². The number of halogens is 2. The van der Waals surface area contributed by atoms with E-state index in [1.807, 2.05) is 0 Å². The van der Waals surface area contributed by atoms with Crippen LogP contribution in [0, 0.1) is 5.82 Å². The first-order valence-corrected chi connectivity index (χ1v) is 9.42. The zero-order chi connectivity index (χ0) is 17.2. The van der Waals surface area contributed by atoms with E-state index in [1.54, 1.807) is 6.07 Å². The van der Waals surface area contributed by atoms with Crippen molar-refractivity contribution >= 4 is 11.6 Å². The van der Waals surface area contributed by atoms with Crippen molar-refractivity contribution in [3.05, 3.63) is 51.6 Å². The van der Waals surface area contributed by atoms with Gasteiger partial charge in [0.05, 0.1) is 0 Å². The number of piperazine rings is 1. The highest BCUT2D eigenvalue weighted by atomic mass is 35.5. The zero-order valence-corrected chi connectivity index (χ0v) is 15.1. The standard InChI is InChI=1S/C19H23ClFN3O/c20-17-11-15(21)6-5-14(17)12-23-7-9-24(10-8-23)13-18-16-3-1-2-4-19(16)25-22-18/h5-6,11H,1-4,7-10,12-13H2. The molecule has 0 radical (unpaired) electrons. The summed E-state index contributed by atoms with van der Waals surface area (Å²) in [5, 5.41) is 4.83. The Morgan fingerprint density at radius 2 is 1.76 bits per heavy atom. The van der Waals surface area contributed by atoms with Crippen LogP contribution >= 0.6 is 11.6 Å². The Balaban J connectivity index is 1.32. The summed E-state index contributed by atoms with van der Waals surface area (Å²) in [6.45, 7) is 5.61. The average Bonchev–Trinajstić information content (AvgIpc) is 3.02. The van der Waals surface area contributed by atoms with E-state index in [4.69, 9.17) is 16.1 Å². The van der Waals surface area contributed by atoms with Crippen LogP contribution in [0.5, 0.6) is 0 Å². The Kier molecular flexibility index (Phi) is 5.06. The number of aromatic nitrogens is 1. The van der Waals surface area contributed by atoms with Gasteiger partial charge in [-0.15, -0.1) is 0 Å². The molecule has 2 aromatic rings. The Labute approximate surface area is 152 Å². The molecule has 0 bridgehead atoms. The van der Waals surface area contributed by atoms with Crippen molar-refractivity contribution in [2.24, 2.45) is 0 Å². The minimum absolute atomic E-state index is 0.283. The molecule has 0 spiro atoms. The number of fused-ring (bicyclic) bond motifs is 1. The molecular formula is C19H23ClFN3O. The van der Waals surface area contributed by atoms with Crippen molar-refractivity contribution in [2.45, 2.75) is 38.8 Å². The smallest absolute Gasteiger partial charge is 0.140 e. The fraction of sp³-hybridized carbons (Fsp3) is 0.526. The van der Waals surface area contributed by atoms with Gasteiger partial charge in [-0.2, -0.15) is 0 Å². The van der Waals surface area contributed by atoms with E-state index >= 15 is 0 Å². The van der Waals surface area contributed by atoms with Crippen LogP contribution in [0.3, 0.4) is 0 Å². The quantitative estimate of drug-likeness (QED) is 0.829. The average molecular weight is 364 g/mol. The van der Waals surface area contributed by atoms with Gasteiger partial charge in [0.25, 0.3) is 0 Å². The predicted molar refractivity (Wildman–Crippen MR) is 95.1 cm³/mol. The van der Waals surface area contributed by atoms with Crippen LogP contribution in [0.4, 0.5) is 4.39 Å². The summed E-state index contributed by atoms with van der Waals surface area (Å²) in [6.07, 6.45) is 4.60. The molecule has 1 aromatic heterocycles. The summed E-state index contributed by atoms with van der Waals surface area (Å²) in [4.78, 5) is 4.81. The van der Waals surface area contributed by atoms with Gasteiger partial charge in [0, 0.05) is 56.3 Å². The zero-order valence-electron chi connectivity index (χ0n) is 14.3. The van der Waals surface area contributed by atoms with E-state index in [1.165, 1.54) is 30.5 Å². The van der Waals surface area contributed by atoms with Gasteiger partial charge in [-0.25, -0.2) is 4.39 Å². The number of benzene rings is 1. The number of rotatable bonds is 4. The topological polar surface area (TPSA) is 32.5 Å². The Morgan fingerprint density at radius 1 is 1.04 bits per heavy atom. The van der Waals surface area contributed by atoms with Crippen LogP contribution in [-0.2, 0) is 25.9 Å². The lowest BCUT2D eigenvalue weighted by Gasteiger charge is -2.34. The lowest BCUT2D eigenvalue weighted by molar-refractivity contribution is 0.120. The molecule has 134 valence electrons. The molecule has 0 atom stereocenters. The van der Waals surface area contributed by atoms with Crippen molar-refractivity contribution in [3.63, 3.8) is 0 Å². The van der Waals surface area contributed by atoms with E-state index in [2.05, 4.69) is 15.0 Å². The molecule has 0 saturated carbocycles. The third-order valence-corrected chi connectivity index (χ3v) is 5.63. The van der Waals surface area contributed by atoms with Gasteiger partial charge in [0.15, 0.2) is 0 Å². The Hall–Kier alpha value is -1.43. The van der Waals surface area contributed by atoms with Crippen LogP contribution in [-0.4, -0.2) is 41.1 Å². The van der Waals surface area contributed by atoms with Crippen molar-refractivity contribution in [1.29, 1.82) is 0 Å². The summed E-state index contributed by atoms with van der Waals surface area (Å²) >= 11 is 6.14. The normalized spacial score (nSPS) is 19.1. The van der Waals surface area contributed by atoms with E-state index in [-0.39, 0.29) is 5.82 Å². The minimum atomic E-state index is -0.283. The third kappa shape index (κ3) is 3.89. The van der Waals surface area contributed by atoms with Crippen LogP contribution in [0.15, 0.2) is 22.7 Å². The fourth-order valence-electron chi connectivity index (χ4n) is 3.78. The number of hydrogen-bond acceptors (Lipinski definition) is 4. The molecule has 1 aliphatic carbocycles. The van der Waals surface area contributed by atoms with Gasteiger partial charge in [-0.3, -0.25) is 9.80 Å². The maximum absolute atomic E-state index is 13.2. The van der Waals surface area contributed by atoms with E-state index < -0.39 is 0 Å². The first-order valence-electron chi connectivity index (χ1n) is 9.04. The van der Waals surface area contributed by atoms with Gasteiger partial charge in [-0.05, 0) is 37.0 Å². The van der Waals surface area contributed by atoms with Crippen molar-refractivity contribution in [3.8, 4) is 0 Å². The van der Waals surface area contributed by atoms with E-state index in [9.17, 15) is 4.39 Å². The molecule has 0 unspecified atom stereocenters. The molecule has 25 heavy (non-hydrogen) atoms. The SMILES string of the molecule is Fc1ccc(CN2CCN(Cc3noc4c3CCCC4)CC2)c(Cl)c1. The van der Waals surface area contributed by atoms with Gasteiger partial charge >= 0.3 is 0 Å². The molecule has 2 heterocycles. The number of hydrogen-bond donors (Lipinski definition) is 0. The number of nitrogens with zero attached hydrogens (tertiary/aromatic N) is 3. The second kappa shape index (κ2) is 7.44. The molecule has 1 aliphatic heterocycles. The molecule has 2 aliphatic rings. The second-order valence-electron chi connectivity index (χ2n) is 7.03. The van der Waals surface area contributed by atoms with Gasteiger partial charge in [-0.1, -0.05) is 22.8 Å².